The first kappa shape index (κ1) is 9.13. The second-order valence-electron chi connectivity index (χ2n) is 2.96. The molecule has 1 aromatic rings. The maximum absolute atomic E-state index is 10.9. The highest BCUT2D eigenvalue weighted by Gasteiger charge is 2.15. The van der Waals surface area contributed by atoms with Crippen molar-refractivity contribution in [2.45, 2.75) is 12.8 Å². The Morgan fingerprint density at radius 2 is 2.29 bits per heavy atom. The van der Waals surface area contributed by atoms with Gasteiger partial charge in [-0.05, 0) is 6.42 Å². The predicted molar refractivity (Wildman–Crippen MR) is 50.7 cm³/mol. The molecule has 76 valence electrons. The second kappa shape index (κ2) is 3.05. The molecule has 2 rings (SSSR count). The van der Waals surface area contributed by atoms with Gasteiger partial charge in [0.1, 0.15) is 0 Å². The number of anilines is 1. The van der Waals surface area contributed by atoms with Gasteiger partial charge >= 0.3 is 0 Å². The Balaban J connectivity index is 2.38. The van der Waals surface area contributed by atoms with Crippen LogP contribution in [0.5, 0.6) is 0 Å². The first-order valence-corrected chi connectivity index (χ1v) is 5.90. The number of hydrogen-bond acceptors (Lipinski definition) is 5. The normalized spacial score (nSPS) is 15.2. The van der Waals surface area contributed by atoms with Gasteiger partial charge in [0.25, 0.3) is 5.95 Å². The van der Waals surface area contributed by atoms with Crippen LogP contribution in [0.25, 0.3) is 0 Å². The highest BCUT2D eigenvalue weighted by atomic mass is 32.2. The third-order valence-electron chi connectivity index (χ3n) is 1.68. The van der Waals surface area contributed by atoms with Crippen molar-refractivity contribution >= 4 is 22.2 Å². The Labute approximate surface area is 80.9 Å². The average molecular weight is 215 g/mol. The van der Waals surface area contributed by atoms with Crippen molar-refractivity contribution < 1.29 is 8.42 Å². The molecule has 2 heterocycles. The topological polar surface area (TPSA) is 89.2 Å². The molecule has 0 radical (unpaired) electrons. The van der Waals surface area contributed by atoms with Crippen LogP contribution >= 0.6 is 0 Å². The van der Waals surface area contributed by atoms with Crippen LogP contribution in [-0.4, -0.2) is 35.8 Å². The fraction of sp³-hybridized carbons (Fsp3) is 0.500. The van der Waals surface area contributed by atoms with Gasteiger partial charge in [0, 0.05) is 12.6 Å². The Morgan fingerprint density at radius 1 is 1.50 bits per heavy atom. The van der Waals surface area contributed by atoms with Gasteiger partial charge in [-0.15, -0.1) is 10.2 Å². The minimum Gasteiger partial charge on any atom is -0.250 e. The molecule has 8 heteroatoms. The smallest absolute Gasteiger partial charge is 0.250 e. The summed E-state index contributed by atoms with van der Waals surface area (Å²) < 4.78 is 25.5. The summed E-state index contributed by atoms with van der Waals surface area (Å²) in [6.07, 6.45) is 4.28. The highest BCUT2D eigenvalue weighted by Crippen LogP contribution is 2.12. The van der Waals surface area contributed by atoms with Crippen LogP contribution in [-0.2, 0) is 16.4 Å². The van der Waals surface area contributed by atoms with E-state index in [2.05, 4.69) is 20.0 Å². The summed E-state index contributed by atoms with van der Waals surface area (Å²) >= 11 is 0. The van der Waals surface area contributed by atoms with Crippen molar-refractivity contribution in [3.63, 3.8) is 0 Å². The van der Waals surface area contributed by atoms with Gasteiger partial charge < -0.3 is 0 Å². The van der Waals surface area contributed by atoms with Gasteiger partial charge in [-0.25, -0.2) is 8.42 Å². The van der Waals surface area contributed by atoms with E-state index in [0.29, 0.717) is 5.82 Å². The van der Waals surface area contributed by atoms with E-state index in [0.717, 1.165) is 19.1 Å². The summed E-state index contributed by atoms with van der Waals surface area (Å²) in [4.78, 5) is 0. The Hall–Kier alpha value is -1.44. The number of aromatic nitrogens is 3. The summed E-state index contributed by atoms with van der Waals surface area (Å²) in [5.41, 5.74) is 0. The quantitative estimate of drug-likeness (QED) is 0.715. The van der Waals surface area contributed by atoms with Crippen molar-refractivity contribution in [3.8, 4) is 0 Å². The highest BCUT2D eigenvalue weighted by molar-refractivity contribution is 7.91. The van der Waals surface area contributed by atoms with Crippen molar-refractivity contribution in [1.82, 2.24) is 14.9 Å². The van der Waals surface area contributed by atoms with E-state index in [1.807, 2.05) is 0 Å². The standard InChI is InChI=1S/C6H9N5O2S/c1-14(12,13)10-6-9-8-5-3-2-4-7-11(5)6/h4H,2-3H2,1H3,(H,9,10). The molecular weight excluding hydrogens is 206 g/mol. The van der Waals surface area contributed by atoms with E-state index in [1.54, 1.807) is 6.21 Å². The van der Waals surface area contributed by atoms with Crippen LogP contribution in [0.4, 0.5) is 5.95 Å². The lowest BCUT2D eigenvalue weighted by Crippen LogP contribution is -2.15. The molecule has 0 aliphatic carbocycles. The zero-order chi connectivity index (χ0) is 10.2. The number of fused-ring (bicyclic) bond motifs is 1. The van der Waals surface area contributed by atoms with E-state index < -0.39 is 10.0 Å². The number of rotatable bonds is 2. The molecular formula is C6H9N5O2S. The minimum atomic E-state index is -3.33. The van der Waals surface area contributed by atoms with Crippen LogP contribution in [0.2, 0.25) is 0 Å². The molecule has 0 fully saturated rings. The zero-order valence-corrected chi connectivity index (χ0v) is 8.32. The SMILES string of the molecule is CS(=O)(=O)Nc1nnc2n1N=CCC2. The summed E-state index contributed by atoms with van der Waals surface area (Å²) in [6.45, 7) is 0. The summed E-state index contributed by atoms with van der Waals surface area (Å²) in [5.74, 6) is 0.803. The van der Waals surface area contributed by atoms with Gasteiger partial charge in [-0.2, -0.15) is 9.78 Å². The second-order valence-corrected chi connectivity index (χ2v) is 4.71. The minimum absolute atomic E-state index is 0.137. The Morgan fingerprint density at radius 3 is 3.00 bits per heavy atom. The summed E-state index contributed by atoms with van der Waals surface area (Å²) in [5, 5.41) is 11.5. The van der Waals surface area contributed by atoms with E-state index in [9.17, 15) is 8.42 Å². The lowest BCUT2D eigenvalue weighted by molar-refractivity contribution is 0.606. The van der Waals surface area contributed by atoms with Crippen LogP contribution in [0.15, 0.2) is 5.10 Å². The molecule has 0 spiro atoms. The molecule has 0 bridgehead atoms. The Bertz CT molecular complexity index is 474. The zero-order valence-electron chi connectivity index (χ0n) is 7.51. The fourth-order valence-electron chi connectivity index (χ4n) is 1.15. The van der Waals surface area contributed by atoms with E-state index in [-0.39, 0.29) is 5.95 Å². The third kappa shape index (κ3) is 1.74. The number of nitrogens with one attached hydrogen (secondary N) is 1. The third-order valence-corrected chi connectivity index (χ3v) is 2.23. The molecule has 0 atom stereocenters. The summed E-state index contributed by atoms with van der Waals surface area (Å²) in [7, 11) is -3.33. The predicted octanol–water partition coefficient (Wildman–Crippen LogP) is -0.570. The average Bonchev–Trinajstić information content (AvgIpc) is 2.47. The number of nitrogens with zero attached hydrogens (tertiary/aromatic N) is 4. The lowest BCUT2D eigenvalue weighted by Gasteiger charge is -2.07. The molecule has 0 saturated heterocycles. The number of sulfonamides is 1. The fourth-order valence-corrected chi connectivity index (χ4v) is 1.61. The van der Waals surface area contributed by atoms with E-state index in [1.165, 1.54) is 4.68 Å². The van der Waals surface area contributed by atoms with E-state index >= 15 is 0 Å². The molecule has 14 heavy (non-hydrogen) atoms. The molecule has 7 nitrogen and oxygen atoms in total. The molecule has 1 N–H and O–H groups in total. The van der Waals surface area contributed by atoms with Crippen LogP contribution in [0, 0.1) is 0 Å². The van der Waals surface area contributed by atoms with Crippen molar-refractivity contribution in [3.05, 3.63) is 5.82 Å². The molecule has 0 aromatic carbocycles. The Kier molecular flexibility index (Phi) is 1.99. The first-order chi connectivity index (χ1) is 6.56. The maximum Gasteiger partial charge on any atom is 0.259 e. The first-order valence-electron chi connectivity index (χ1n) is 4.01. The van der Waals surface area contributed by atoms with Gasteiger partial charge in [-0.3, -0.25) is 4.72 Å². The molecule has 1 aromatic heterocycles. The van der Waals surface area contributed by atoms with Gasteiger partial charge in [-0.1, -0.05) is 0 Å². The monoisotopic (exact) mass is 215 g/mol. The van der Waals surface area contributed by atoms with Crippen LogP contribution in [0.3, 0.4) is 0 Å². The van der Waals surface area contributed by atoms with Crippen molar-refractivity contribution in [2.24, 2.45) is 5.10 Å². The van der Waals surface area contributed by atoms with Crippen molar-refractivity contribution in [2.75, 3.05) is 11.0 Å². The van der Waals surface area contributed by atoms with Crippen molar-refractivity contribution in [1.29, 1.82) is 0 Å². The molecule has 1 aliphatic heterocycles. The van der Waals surface area contributed by atoms with Crippen LogP contribution in [0.1, 0.15) is 12.2 Å². The van der Waals surface area contributed by atoms with Gasteiger partial charge in [0.05, 0.1) is 6.26 Å². The van der Waals surface area contributed by atoms with Gasteiger partial charge in [0.15, 0.2) is 5.82 Å². The van der Waals surface area contributed by atoms with Gasteiger partial charge in [0.2, 0.25) is 10.0 Å². The molecule has 0 unspecified atom stereocenters. The van der Waals surface area contributed by atoms with E-state index in [4.69, 9.17) is 0 Å². The molecule has 0 amide bonds. The number of aryl methyl sites for hydroxylation is 1. The number of hydrogen-bond donors (Lipinski definition) is 1. The largest absolute Gasteiger partial charge is 0.259 e. The molecule has 1 aliphatic rings. The van der Waals surface area contributed by atoms with Crippen LogP contribution < -0.4 is 4.72 Å². The maximum atomic E-state index is 10.9. The lowest BCUT2D eigenvalue weighted by atomic mass is 10.3. The molecule has 0 saturated carbocycles. The summed E-state index contributed by atoms with van der Waals surface area (Å²) in [6, 6.07) is 0.